The van der Waals surface area contributed by atoms with Gasteiger partial charge in [-0.25, -0.2) is 0 Å². The second-order valence-corrected chi connectivity index (χ2v) is 5.38. The van der Waals surface area contributed by atoms with Crippen molar-refractivity contribution in [3.8, 4) is 5.75 Å². The third-order valence-electron chi connectivity index (χ3n) is 4.55. The molecule has 2 nitrogen and oxygen atoms in total. The number of nitrogens with one attached hydrogen (secondary N) is 1. The number of ether oxygens (including phenoxy) is 1. The van der Waals surface area contributed by atoms with Crippen molar-refractivity contribution in [1.29, 1.82) is 0 Å². The van der Waals surface area contributed by atoms with E-state index in [4.69, 9.17) is 4.74 Å². The maximum absolute atomic E-state index is 5.55. The van der Waals surface area contributed by atoms with Crippen molar-refractivity contribution in [2.75, 3.05) is 20.2 Å². The van der Waals surface area contributed by atoms with Crippen LogP contribution in [0, 0.1) is 5.92 Å². The van der Waals surface area contributed by atoms with Gasteiger partial charge in [-0.1, -0.05) is 18.2 Å². The van der Waals surface area contributed by atoms with E-state index in [0.29, 0.717) is 5.41 Å². The van der Waals surface area contributed by atoms with Crippen molar-refractivity contribution in [3.63, 3.8) is 0 Å². The fraction of sp³-hybridized carbons (Fsp3) is 0.600. The third-order valence-corrected chi connectivity index (χ3v) is 4.55. The molecule has 0 amide bonds. The molecule has 0 atom stereocenters. The Balaban J connectivity index is 1.91. The lowest BCUT2D eigenvalue weighted by Gasteiger charge is -2.32. The highest BCUT2D eigenvalue weighted by atomic mass is 16.5. The molecule has 1 heterocycles. The van der Waals surface area contributed by atoms with E-state index in [2.05, 4.69) is 29.6 Å². The molecular formula is C15H21NO. The van der Waals surface area contributed by atoms with E-state index in [9.17, 15) is 0 Å². The van der Waals surface area contributed by atoms with Crippen molar-refractivity contribution in [2.24, 2.45) is 5.92 Å². The van der Waals surface area contributed by atoms with Gasteiger partial charge in [0.2, 0.25) is 0 Å². The van der Waals surface area contributed by atoms with Crippen molar-refractivity contribution in [2.45, 2.75) is 31.1 Å². The van der Waals surface area contributed by atoms with Crippen molar-refractivity contribution < 1.29 is 4.74 Å². The van der Waals surface area contributed by atoms with Gasteiger partial charge in [-0.2, -0.15) is 0 Å². The van der Waals surface area contributed by atoms with Crippen LogP contribution < -0.4 is 10.1 Å². The Morgan fingerprint density at radius 3 is 2.53 bits per heavy atom. The molecule has 0 radical (unpaired) electrons. The molecule has 92 valence electrons. The second kappa shape index (κ2) is 4.34. The molecule has 2 fully saturated rings. The molecule has 0 spiro atoms. The molecule has 0 unspecified atom stereocenters. The van der Waals surface area contributed by atoms with Crippen LogP contribution in [-0.2, 0) is 5.41 Å². The van der Waals surface area contributed by atoms with Crippen LogP contribution in [0.1, 0.15) is 31.2 Å². The number of methoxy groups -OCH3 is 1. The predicted octanol–water partition coefficient (Wildman–Crippen LogP) is 2.73. The fourth-order valence-corrected chi connectivity index (χ4v) is 3.46. The van der Waals surface area contributed by atoms with Crippen LogP contribution >= 0.6 is 0 Å². The Kier molecular flexibility index (Phi) is 2.83. The average Bonchev–Trinajstić information content (AvgIpc) is 3.21. The first-order valence-corrected chi connectivity index (χ1v) is 6.71. The van der Waals surface area contributed by atoms with Crippen molar-refractivity contribution in [3.05, 3.63) is 29.8 Å². The van der Waals surface area contributed by atoms with Gasteiger partial charge in [-0.15, -0.1) is 0 Å². The SMILES string of the molecule is COc1ccccc1C1(C2CCNCC2)CC1. The van der Waals surface area contributed by atoms with E-state index in [1.165, 1.54) is 44.3 Å². The maximum atomic E-state index is 5.55. The number of benzene rings is 1. The smallest absolute Gasteiger partial charge is 0.122 e. The van der Waals surface area contributed by atoms with Crippen molar-refractivity contribution >= 4 is 0 Å². The maximum Gasteiger partial charge on any atom is 0.122 e. The summed E-state index contributed by atoms with van der Waals surface area (Å²) in [6, 6.07) is 8.60. The van der Waals surface area contributed by atoms with Gasteiger partial charge in [0, 0.05) is 11.0 Å². The predicted molar refractivity (Wildman–Crippen MR) is 69.5 cm³/mol. The molecule has 1 aliphatic heterocycles. The Morgan fingerprint density at radius 2 is 1.88 bits per heavy atom. The van der Waals surface area contributed by atoms with Crippen molar-refractivity contribution in [1.82, 2.24) is 5.32 Å². The molecule has 1 saturated heterocycles. The monoisotopic (exact) mass is 231 g/mol. The van der Waals surface area contributed by atoms with Gasteiger partial charge in [0.05, 0.1) is 7.11 Å². The highest BCUT2D eigenvalue weighted by Gasteiger charge is 2.51. The summed E-state index contributed by atoms with van der Waals surface area (Å²) in [5, 5.41) is 3.46. The molecule has 3 rings (SSSR count). The number of piperidine rings is 1. The first-order valence-electron chi connectivity index (χ1n) is 6.71. The van der Waals surface area contributed by atoms with E-state index in [0.717, 1.165) is 11.7 Å². The third kappa shape index (κ3) is 1.85. The molecule has 1 aliphatic carbocycles. The summed E-state index contributed by atoms with van der Waals surface area (Å²) in [6.07, 6.45) is 5.33. The summed E-state index contributed by atoms with van der Waals surface area (Å²) in [6.45, 7) is 2.36. The minimum atomic E-state index is 0.439. The van der Waals surface area contributed by atoms with Crippen LogP contribution in [0.2, 0.25) is 0 Å². The van der Waals surface area contributed by atoms with Gasteiger partial charge < -0.3 is 10.1 Å². The zero-order valence-corrected chi connectivity index (χ0v) is 10.5. The fourth-order valence-electron chi connectivity index (χ4n) is 3.46. The van der Waals surface area contributed by atoms with Gasteiger partial charge >= 0.3 is 0 Å². The number of hydrogen-bond acceptors (Lipinski definition) is 2. The van der Waals surface area contributed by atoms with E-state index >= 15 is 0 Å². The summed E-state index contributed by atoms with van der Waals surface area (Å²) in [5.74, 6) is 1.93. The molecule has 2 aliphatic rings. The number of hydrogen-bond donors (Lipinski definition) is 1. The molecule has 1 aromatic carbocycles. The van der Waals surface area contributed by atoms with Gasteiger partial charge in [-0.3, -0.25) is 0 Å². The summed E-state index contributed by atoms with van der Waals surface area (Å²) < 4.78 is 5.55. The first-order chi connectivity index (χ1) is 8.37. The molecule has 0 aromatic heterocycles. The number of para-hydroxylation sites is 1. The lowest BCUT2D eigenvalue weighted by molar-refractivity contribution is 0.295. The molecule has 1 N–H and O–H groups in total. The molecule has 1 saturated carbocycles. The zero-order chi connectivity index (χ0) is 11.7. The summed E-state index contributed by atoms with van der Waals surface area (Å²) >= 11 is 0. The van der Waals surface area contributed by atoms with E-state index < -0.39 is 0 Å². The summed E-state index contributed by atoms with van der Waals surface area (Å²) in [5.41, 5.74) is 1.89. The Morgan fingerprint density at radius 1 is 1.18 bits per heavy atom. The first kappa shape index (κ1) is 11.1. The largest absolute Gasteiger partial charge is 0.496 e. The standard InChI is InChI=1S/C15H21NO/c1-17-14-5-3-2-4-13(14)15(8-9-15)12-6-10-16-11-7-12/h2-5,12,16H,6-11H2,1H3. The Bertz CT molecular complexity index is 392. The highest BCUT2D eigenvalue weighted by molar-refractivity contribution is 5.44. The molecule has 2 heteroatoms. The minimum Gasteiger partial charge on any atom is -0.496 e. The zero-order valence-electron chi connectivity index (χ0n) is 10.5. The van der Waals surface area contributed by atoms with E-state index in [-0.39, 0.29) is 0 Å². The quantitative estimate of drug-likeness (QED) is 0.863. The number of rotatable bonds is 3. The van der Waals surface area contributed by atoms with Gasteiger partial charge in [0.15, 0.2) is 0 Å². The lowest BCUT2D eigenvalue weighted by Crippen LogP contribution is -2.34. The molecule has 1 aromatic rings. The van der Waals surface area contributed by atoms with Gasteiger partial charge in [0.1, 0.15) is 5.75 Å². The topological polar surface area (TPSA) is 21.3 Å². The van der Waals surface area contributed by atoms with Crippen LogP contribution in [0.3, 0.4) is 0 Å². The van der Waals surface area contributed by atoms with E-state index in [1.54, 1.807) is 7.11 Å². The summed E-state index contributed by atoms with van der Waals surface area (Å²) in [4.78, 5) is 0. The second-order valence-electron chi connectivity index (χ2n) is 5.38. The van der Waals surface area contributed by atoms with Crippen LogP contribution in [0.25, 0.3) is 0 Å². The van der Waals surface area contributed by atoms with Crippen LogP contribution in [0.5, 0.6) is 5.75 Å². The summed E-state index contributed by atoms with van der Waals surface area (Å²) in [7, 11) is 1.79. The average molecular weight is 231 g/mol. The Hall–Kier alpha value is -1.02. The minimum absolute atomic E-state index is 0.439. The van der Waals surface area contributed by atoms with Gasteiger partial charge in [0.25, 0.3) is 0 Å². The van der Waals surface area contributed by atoms with Crippen LogP contribution in [0.15, 0.2) is 24.3 Å². The Labute approximate surface area is 103 Å². The molecular weight excluding hydrogens is 210 g/mol. The lowest BCUT2D eigenvalue weighted by atomic mass is 9.77. The van der Waals surface area contributed by atoms with Crippen LogP contribution in [0.4, 0.5) is 0 Å². The van der Waals surface area contributed by atoms with E-state index in [1.807, 2.05) is 0 Å². The van der Waals surface area contributed by atoms with Gasteiger partial charge in [-0.05, 0) is 50.8 Å². The highest BCUT2D eigenvalue weighted by Crippen LogP contribution is 2.58. The van der Waals surface area contributed by atoms with Crippen LogP contribution in [-0.4, -0.2) is 20.2 Å². The molecule has 17 heavy (non-hydrogen) atoms. The molecule has 0 bridgehead atoms. The normalized spacial score (nSPS) is 23.4.